The molecule has 4 nitrogen and oxygen atoms in total. The number of aliphatic carboxylic acids is 1. The van der Waals surface area contributed by atoms with Crippen molar-refractivity contribution in [1.82, 2.24) is 4.98 Å². The molecule has 2 N–H and O–H groups in total. The van der Waals surface area contributed by atoms with Crippen molar-refractivity contribution in [2.24, 2.45) is 5.92 Å². The highest BCUT2D eigenvalue weighted by Gasteiger charge is 2.23. The maximum Gasteiger partial charge on any atom is 0.303 e. The molecule has 0 bridgehead atoms. The largest absolute Gasteiger partial charge is 0.481 e. The van der Waals surface area contributed by atoms with Crippen molar-refractivity contribution in [3.05, 3.63) is 11.1 Å². The predicted octanol–water partition coefficient (Wildman–Crippen LogP) is 2.76. The molecule has 0 aromatic carbocycles. The molecular formula is C12H18N2O2S. The van der Waals surface area contributed by atoms with Crippen LogP contribution < -0.4 is 5.32 Å². The third-order valence-electron chi connectivity index (χ3n) is 2.90. The molecule has 1 fully saturated rings. The van der Waals surface area contributed by atoms with E-state index in [0.29, 0.717) is 12.5 Å². The van der Waals surface area contributed by atoms with Crippen LogP contribution in [0.4, 0.5) is 5.13 Å². The third-order valence-corrected chi connectivity index (χ3v) is 3.72. The number of carbonyl (C=O) groups is 1. The number of aryl methyl sites for hydroxylation is 1. The lowest BCUT2D eigenvalue weighted by Gasteiger charge is -2.11. The summed E-state index contributed by atoms with van der Waals surface area (Å²) in [4.78, 5) is 14.8. The van der Waals surface area contributed by atoms with Gasteiger partial charge in [-0.2, -0.15) is 0 Å². The SMILES string of the molecule is CC(CC1CC1)Nc1nc(CCC(=O)O)cs1. The summed E-state index contributed by atoms with van der Waals surface area (Å²) < 4.78 is 0. The molecule has 2 rings (SSSR count). The Bertz CT molecular complexity index is 388. The molecule has 1 aliphatic rings. The molecule has 17 heavy (non-hydrogen) atoms. The van der Waals surface area contributed by atoms with Crippen LogP contribution in [0.25, 0.3) is 0 Å². The predicted molar refractivity (Wildman–Crippen MR) is 68.5 cm³/mol. The van der Waals surface area contributed by atoms with Gasteiger partial charge in [-0.05, 0) is 19.3 Å². The van der Waals surface area contributed by atoms with Crippen molar-refractivity contribution in [2.45, 2.75) is 45.1 Å². The highest BCUT2D eigenvalue weighted by molar-refractivity contribution is 7.13. The van der Waals surface area contributed by atoms with Gasteiger partial charge in [-0.3, -0.25) is 4.79 Å². The molecule has 5 heteroatoms. The van der Waals surface area contributed by atoms with E-state index in [2.05, 4.69) is 17.2 Å². The van der Waals surface area contributed by atoms with Crippen LogP contribution in [-0.4, -0.2) is 22.1 Å². The average molecular weight is 254 g/mol. The first-order valence-corrected chi connectivity index (χ1v) is 6.94. The third kappa shape index (κ3) is 4.34. The Morgan fingerprint density at radius 1 is 1.71 bits per heavy atom. The lowest BCUT2D eigenvalue weighted by molar-refractivity contribution is -0.136. The van der Waals surface area contributed by atoms with Gasteiger partial charge >= 0.3 is 5.97 Å². The Balaban J connectivity index is 1.78. The minimum atomic E-state index is -0.769. The van der Waals surface area contributed by atoms with Crippen LogP contribution in [0.3, 0.4) is 0 Å². The second-order valence-electron chi connectivity index (χ2n) is 4.76. The van der Waals surface area contributed by atoms with Crippen molar-refractivity contribution < 1.29 is 9.90 Å². The Labute approximate surface area is 105 Å². The first-order valence-electron chi connectivity index (χ1n) is 6.06. The number of rotatable bonds is 7. The van der Waals surface area contributed by atoms with Gasteiger partial charge in [0.15, 0.2) is 5.13 Å². The first kappa shape index (κ1) is 12.4. The molecule has 0 amide bonds. The van der Waals surface area contributed by atoms with Gasteiger partial charge in [-0.25, -0.2) is 4.98 Å². The minimum Gasteiger partial charge on any atom is -0.481 e. The zero-order chi connectivity index (χ0) is 12.3. The molecule has 1 saturated carbocycles. The summed E-state index contributed by atoms with van der Waals surface area (Å²) in [6.07, 6.45) is 4.62. The second-order valence-corrected chi connectivity index (χ2v) is 5.62. The molecule has 0 aliphatic heterocycles. The fourth-order valence-corrected chi connectivity index (χ4v) is 2.70. The number of nitrogens with one attached hydrogen (secondary N) is 1. The molecule has 0 spiro atoms. The maximum absolute atomic E-state index is 10.4. The molecule has 1 aromatic heterocycles. The Kier molecular flexibility index (Phi) is 3.99. The first-order chi connectivity index (χ1) is 8.13. The second kappa shape index (κ2) is 5.49. The lowest BCUT2D eigenvalue weighted by atomic mass is 10.2. The molecule has 1 aromatic rings. The number of carboxylic acid groups (broad SMARTS) is 1. The Morgan fingerprint density at radius 2 is 2.47 bits per heavy atom. The van der Waals surface area contributed by atoms with E-state index < -0.39 is 5.97 Å². The molecule has 94 valence electrons. The maximum atomic E-state index is 10.4. The molecular weight excluding hydrogens is 236 g/mol. The van der Waals surface area contributed by atoms with E-state index in [9.17, 15) is 4.79 Å². The van der Waals surface area contributed by atoms with Crippen LogP contribution in [0.2, 0.25) is 0 Å². The smallest absolute Gasteiger partial charge is 0.303 e. The van der Waals surface area contributed by atoms with E-state index in [4.69, 9.17) is 5.11 Å². The minimum absolute atomic E-state index is 0.154. The topological polar surface area (TPSA) is 62.2 Å². The summed E-state index contributed by atoms with van der Waals surface area (Å²) in [5.74, 6) is 0.138. The zero-order valence-electron chi connectivity index (χ0n) is 9.98. The van der Waals surface area contributed by atoms with Gasteiger partial charge in [0.1, 0.15) is 0 Å². The zero-order valence-corrected chi connectivity index (χ0v) is 10.8. The van der Waals surface area contributed by atoms with Gasteiger partial charge < -0.3 is 10.4 Å². The molecule has 1 aliphatic carbocycles. The highest BCUT2D eigenvalue weighted by Crippen LogP contribution is 2.34. The summed E-state index contributed by atoms with van der Waals surface area (Å²) in [7, 11) is 0. The van der Waals surface area contributed by atoms with Gasteiger partial charge in [0, 0.05) is 17.8 Å². The molecule has 1 heterocycles. The number of hydrogen-bond donors (Lipinski definition) is 2. The molecule has 1 unspecified atom stereocenters. The van der Waals surface area contributed by atoms with E-state index in [-0.39, 0.29) is 6.42 Å². The van der Waals surface area contributed by atoms with Crippen molar-refractivity contribution >= 4 is 22.4 Å². The standard InChI is InChI=1S/C12H18N2O2S/c1-8(6-9-2-3-9)13-12-14-10(7-17-12)4-5-11(15)16/h7-9H,2-6H2,1H3,(H,13,14)(H,15,16). The van der Waals surface area contributed by atoms with Gasteiger partial charge in [0.05, 0.1) is 12.1 Å². The molecule has 0 saturated heterocycles. The molecule has 0 radical (unpaired) electrons. The lowest BCUT2D eigenvalue weighted by Crippen LogP contribution is -2.15. The van der Waals surface area contributed by atoms with E-state index in [1.807, 2.05) is 5.38 Å². The monoisotopic (exact) mass is 254 g/mol. The fraction of sp³-hybridized carbons (Fsp3) is 0.667. The average Bonchev–Trinajstić information content (AvgIpc) is 2.94. The normalized spacial score (nSPS) is 16.8. The number of nitrogens with zero attached hydrogens (tertiary/aromatic N) is 1. The molecule has 1 atom stereocenters. The Morgan fingerprint density at radius 3 is 3.12 bits per heavy atom. The number of thiazole rings is 1. The number of carboxylic acids is 1. The number of anilines is 1. The van der Waals surface area contributed by atoms with Gasteiger partial charge in [0.25, 0.3) is 0 Å². The van der Waals surface area contributed by atoms with E-state index in [1.54, 1.807) is 11.3 Å². The van der Waals surface area contributed by atoms with E-state index >= 15 is 0 Å². The van der Waals surface area contributed by atoms with Gasteiger partial charge in [0.2, 0.25) is 0 Å². The number of hydrogen-bond acceptors (Lipinski definition) is 4. The fourth-order valence-electron chi connectivity index (χ4n) is 1.85. The van der Waals surface area contributed by atoms with Gasteiger partial charge in [-0.15, -0.1) is 11.3 Å². The Hall–Kier alpha value is -1.10. The number of aromatic nitrogens is 1. The van der Waals surface area contributed by atoms with Crippen LogP contribution >= 0.6 is 11.3 Å². The van der Waals surface area contributed by atoms with Gasteiger partial charge in [-0.1, -0.05) is 12.8 Å². The van der Waals surface area contributed by atoms with E-state index in [0.717, 1.165) is 16.7 Å². The summed E-state index contributed by atoms with van der Waals surface area (Å²) in [6, 6.07) is 0.459. The van der Waals surface area contributed by atoms with Crippen molar-refractivity contribution in [1.29, 1.82) is 0 Å². The highest BCUT2D eigenvalue weighted by atomic mass is 32.1. The quantitative estimate of drug-likeness (QED) is 0.785. The van der Waals surface area contributed by atoms with Crippen molar-refractivity contribution in [2.75, 3.05) is 5.32 Å². The van der Waals surface area contributed by atoms with Crippen LogP contribution in [0.1, 0.15) is 38.3 Å². The van der Waals surface area contributed by atoms with Crippen LogP contribution in [0, 0.1) is 5.92 Å². The summed E-state index contributed by atoms with van der Waals surface area (Å²) in [5.41, 5.74) is 0.874. The van der Waals surface area contributed by atoms with Crippen molar-refractivity contribution in [3.8, 4) is 0 Å². The summed E-state index contributed by atoms with van der Waals surface area (Å²) in [6.45, 7) is 2.18. The summed E-state index contributed by atoms with van der Waals surface area (Å²) >= 11 is 1.56. The van der Waals surface area contributed by atoms with E-state index in [1.165, 1.54) is 19.3 Å². The van der Waals surface area contributed by atoms with Crippen LogP contribution in [0.5, 0.6) is 0 Å². The van der Waals surface area contributed by atoms with Crippen molar-refractivity contribution in [3.63, 3.8) is 0 Å². The van der Waals surface area contributed by atoms with Crippen LogP contribution in [0.15, 0.2) is 5.38 Å². The van der Waals surface area contributed by atoms with Crippen LogP contribution in [-0.2, 0) is 11.2 Å². The summed E-state index contributed by atoms with van der Waals surface area (Å²) in [5, 5.41) is 14.8.